The van der Waals surface area contributed by atoms with Gasteiger partial charge in [0.05, 0.1) is 17.0 Å². The second kappa shape index (κ2) is 7.41. The molecule has 5 rings (SSSR count). The molecular formula is C22H18FN7O2. The smallest absolute Gasteiger partial charge is 0.293 e. The van der Waals surface area contributed by atoms with Crippen molar-refractivity contribution in [1.82, 2.24) is 28.9 Å². The number of fused-ring (bicyclic) bond motifs is 1. The highest BCUT2D eigenvalue weighted by molar-refractivity contribution is 6.03. The second-order valence-electron chi connectivity index (χ2n) is 7.33. The van der Waals surface area contributed by atoms with Crippen molar-refractivity contribution in [3.8, 4) is 22.6 Å². The molecule has 0 aliphatic heterocycles. The highest BCUT2D eigenvalue weighted by atomic mass is 19.1. The van der Waals surface area contributed by atoms with Gasteiger partial charge in [-0.15, -0.1) is 0 Å². The zero-order chi connectivity index (χ0) is 22.4. The Hall–Kier alpha value is -4.34. The molecule has 160 valence electrons. The van der Waals surface area contributed by atoms with E-state index in [9.17, 15) is 9.18 Å². The molecule has 32 heavy (non-hydrogen) atoms. The highest BCUT2D eigenvalue weighted by Gasteiger charge is 2.18. The van der Waals surface area contributed by atoms with Crippen molar-refractivity contribution in [2.75, 3.05) is 5.32 Å². The molecule has 0 bridgehead atoms. The average Bonchev–Trinajstić information content (AvgIpc) is 3.46. The van der Waals surface area contributed by atoms with Crippen molar-refractivity contribution in [3.63, 3.8) is 0 Å². The van der Waals surface area contributed by atoms with Crippen LogP contribution in [-0.4, -0.2) is 34.8 Å². The number of carbonyl (C=O) groups excluding carboxylic acids is 1. The van der Waals surface area contributed by atoms with Crippen LogP contribution in [0.2, 0.25) is 0 Å². The van der Waals surface area contributed by atoms with E-state index in [1.54, 1.807) is 36.8 Å². The van der Waals surface area contributed by atoms with Crippen molar-refractivity contribution in [2.24, 2.45) is 7.05 Å². The van der Waals surface area contributed by atoms with Crippen molar-refractivity contribution >= 4 is 17.4 Å². The minimum absolute atomic E-state index is 0.118. The molecule has 10 heteroatoms. The van der Waals surface area contributed by atoms with Gasteiger partial charge in [-0.1, -0.05) is 0 Å². The van der Waals surface area contributed by atoms with Crippen molar-refractivity contribution in [3.05, 3.63) is 72.3 Å². The Morgan fingerprint density at radius 3 is 2.72 bits per heavy atom. The van der Waals surface area contributed by atoms with E-state index in [-0.39, 0.29) is 11.3 Å². The SMILES string of the molecule is Cc1nc(C)c(C(=O)Nc2ccc(F)c(-c3cn4cc(-c5nccn5C)cnc4n3)c2)o1. The monoisotopic (exact) mass is 431 g/mol. The first-order valence-corrected chi connectivity index (χ1v) is 9.77. The lowest BCUT2D eigenvalue weighted by Gasteiger charge is -2.06. The summed E-state index contributed by atoms with van der Waals surface area (Å²) in [5.74, 6) is 0.754. The molecular weight excluding hydrogens is 413 g/mol. The van der Waals surface area contributed by atoms with E-state index in [0.717, 1.165) is 11.4 Å². The van der Waals surface area contributed by atoms with Crippen LogP contribution in [0.4, 0.5) is 10.1 Å². The largest absolute Gasteiger partial charge is 0.436 e. The summed E-state index contributed by atoms with van der Waals surface area (Å²) in [7, 11) is 1.89. The molecule has 0 fully saturated rings. The molecule has 1 N–H and O–H groups in total. The van der Waals surface area contributed by atoms with Crippen LogP contribution in [0.25, 0.3) is 28.4 Å². The zero-order valence-corrected chi connectivity index (χ0v) is 17.5. The number of anilines is 1. The number of benzene rings is 1. The molecule has 1 aromatic carbocycles. The van der Waals surface area contributed by atoms with Crippen LogP contribution in [0.15, 0.2) is 53.6 Å². The first-order chi connectivity index (χ1) is 15.4. The fourth-order valence-corrected chi connectivity index (χ4v) is 3.50. The molecule has 0 spiro atoms. The van der Waals surface area contributed by atoms with Gasteiger partial charge in [0, 0.05) is 56.2 Å². The predicted molar refractivity (Wildman–Crippen MR) is 115 cm³/mol. The summed E-state index contributed by atoms with van der Waals surface area (Å²) in [6, 6.07) is 4.27. The number of oxazole rings is 1. The standard InChI is InChI=1S/C22H18FN7O2/c1-12-19(32-13(2)26-12)21(31)27-15-4-5-17(23)16(8-15)18-11-30-10-14(9-25-22(30)28-18)20-24-6-7-29(20)3/h4-11H,1-3H3,(H,27,31). The van der Waals surface area contributed by atoms with Crippen molar-refractivity contribution in [2.45, 2.75) is 13.8 Å². The molecule has 0 saturated heterocycles. The molecule has 5 aromatic rings. The predicted octanol–water partition coefficient (Wildman–Crippen LogP) is 3.79. The van der Waals surface area contributed by atoms with Gasteiger partial charge in [-0.05, 0) is 25.1 Å². The Morgan fingerprint density at radius 1 is 1.16 bits per heavy atom. The summed E-state index contributed by atoms with van der Waals surface area (Å²) in [4.78, 5) is 29.7. The zero-order valence-electron chi connectivity index (χ0n) is 17.5. The van der Waals surface area contributed by atoms with Crippen molar-refractivity contribution < 1.29 is 13.6 Å². The topological polar surface area (TPSA) is 103 Å². The van der Waals surface area contributed by atoms with Gasteiger partial charge < -0.3 is 14.3 Å². The third-order valence-corrected chi connectivity index (χ3v) is 5.00. The lowest BCUT2D eigenvalue weighted by atomic mass is 10.1. The van der Waals surface area contributed by atoms with Gasteiger partial charge in [0.2, 0.25) is 11.5 Å². The van der Waals surface area contributed by atoms with Crippen LogP contribution < -0.4 is 5.32 Å². The second-order valence-corrected chi connectivity index (χ2v) is 7.33. The number of amides is 1. The molecule has 4 aromatic heterocycles. The highest BCUT2D eigenvalue weighted by Crippen LogP contribution is 2.27. The number of rotatable bonds is 4. The minimum Gasteiger partial charge on any atom is -0.436 e. The number of hydrogen-bond acceptors (Lipinski definition) is 6. The van der Waals surface area contributed by atoms with Crippen LogP contribution in [0, 0.1) is 19.7 Å². The quantitative estimate of drug-likeness (QED) is 0.464. The van der Waals surface area contributed by atoms with E-state index >= 15 is 0 Å². The van der Waals surface area contributed by atoms with Crippen LogP contribution in [0.3, 0.4) is 0 Å². The lowest BCUT2D eigenvalue weighted by Crippen LogP contribution is -2.12. The average molecular weight is 431 g/mol. The number of nitrogens with one attached hydrogen (secondary N) is 1. The van der Waals surface area contributed by atoms with Gasteiger partial charge in [0.1, 0.15) is 11.6 Å². The first kappa shape index (κ1) is 19.6. The van der Waals surface area contributed by atoms with Crippen LogP contribution in [-0.2, 0) is 7.05 Å². The molecule has 0 saturated carbocycles. The van der Waals surface area contributed by atoms with E-state index in [0.29, 0.717) is 28.7 Å². The Morgan fingerprint density at radius 2 is 2.00 bits per heavy atom. The molecule has 9 nitrogen and oxygen atoms in total. The van der Waals surface area contributed by atoms with Crippen LogP contribution in [0.1, 0.15) is 22.1 Å². The summed E-state index contributed by atoms with van der Waals surface area (Å²) < 4.78 is 23.6. The summed E-state index contributed by atoms with van der Waals surface area (Å²) in [5, 5.41) is 2.72. The van der Waals surface area contributed by atoms with Gasteiger partial charge in [-0.25, -0.2) is 24.3 Å². The van der Waals surface area contributed by atoms with E-state index in [4.69, 9.17) is 4.42 Å². The van der Waals surface area contributed by atoms with E-state index in [1.807, 2.05) is 24.0 Å². The van der Waals surface area contributed by atoms with E-state index in [2.05, 4.69) is 25.3 Å². The van der Waals surface area contributed by atoms with Gasteiger partial charge in [-0.3, -0.25) is 9.20 Å². The third kappa shape index (κ3) is 3.41. The normalized spacial score (nSPS) is 11.2. The minimum atomic E-state index is -0.470. The maximum atomic E-state index is 14.6. The molecule has 0 aliphatic rings. The van der Waals surface area contributed by atoms with Gasteiger partial charge >= 0.3 is 0 Å². The van der Waals surface area contributed by atoms with Crippen LogP contribution in [0.5, 0.6) is 0 Å². The number of aryl methyl sites for hydroxylation is 3. The first-order valence-electron chi connectivity index (χ1n) is 9.77. The summed E-state index contributed by atoms with van der Waals surface area (Å²) in [6.07, 6.45) is 8.73. The molecule has 0 unspecified atom stereocenters. The number of imidazole rings is 2. The molecule has 0 atom stereocenters. The Balaban J connectivity index is 1.48. The summed E-state index contributed by atoms with van der Waals surface area (Å²) in [5.41, 5.74) is 2.30. The summed E-state index contributed by atoms with van der Waals surface area (Å²) in [6.45, 7) is 3.35. The fourth-order valence-electron chi connectivity index (χ4n) is 3.50. The molecule has 0 radical (unpaired) electrons. The molecule has 1 amide bonds. The van der Waals surface area contributed by atoms with Crippen molar-refractivity contribution in [1.29, 1.82) is 0 Å². The number of halogens is 1. The molecule has 4 heterocycles. The Labute approximate surface area is 181 Å². The Bertz CT molecular complexity index is 1480. The molecule has 0 aliphatic carbocycles. The lowest BCUT2D eigenvalue weighted by molar-refractivity contribution is 0.0994. The van der Waals surface area contributed by atoms with E-state index in [1.165, 1.54) is 18.2 Å². The maximum Gasteiger partial charge on any atom is 0.293 e. The number of carbonyl (C=O) groups is 1. The third-order valence-electron chi connectivity index (χ3n) is 5.00. The number of nitrogens with zero attached hydrogens (tertiary/aromatic N) is 6. The Kier molecular flexibility index (Phi) is 4.54. The number of hydrogen-bond donors (Lipinski definition) is 1. The summed E-state index contributed by atoms with van der Waals surface area (Å²) >= 11 is 0. The van der Waals surface area contributed by atoms with Gasteiger partial charge in [0.25, 0.3) is 5.91 Å². The fraction of sp³-hybridized carbons (Fsp3) is 0.136. The van der Waals surface area contributed by atoms with E-state index < -0.39 is 11.7 Å². The van der Waals surface area contributed by atoms with Crippen LogP contribution >= 0.6 is 0 Å². The maximum absolute atomic E-state index is 14.6. The van der Waals surface area contributed by atoms with Gasteiger partial charge in [-0.2, -0.15) is 0 Å². The number of aromatic nitrogens is 6. The van der Waals surface area contributed by atoms with Gasteiger partial charge in [0.15, 0.2) is 5.89 Å².